The van der Waals surface area contributed by atoms with Crippen molar-refractivity contribution in [2.45, 2.75) is 33.7 Å². The Morgan fingerprint density at radius 1 is 1.33 bits per heavy atom. The summed E-state index contributed by atoms with van der Waals surface area (Å²) in [5.74, 6) is 7.46. The van der Waals surface area contributed by atoms with Crippen LogP contribution >= 0.6 is 0 Å². The van der Waals surface area contributed by atoms with Gasteiger partial charge in [-0.1, -0.05) is 26.0 Å². The van der Waals surface area contributed by atoms with Crippen molar-refractivity contribution in [1.82, 2.24) is 5.32 Å². The summed E-state index contributed by atoms with van der Waals surface area (Å²) in [4.78, 5) is 0. The minimum absolute atomic E-state index is 0.656. The summed E-state index contributed by atoms with van der Waals surface area (Å²) in [5.41, 5.74) is 1.26. The molecule has 0 aliphatic heterocycles. The number of benzene rings is 1. The molecule has 1 aromatic rings. The second-order valence-corrected chi connectivity index (χ2v) is 4.70. The third kappa shape index (κ3) is 6.32. The monoisotopic (exact) mass is 245 g/mol. The molecule has 0 aliphatic rings. The Morgan fingerprint density at radius 2 is 2.17 bits per heavy atom. The maximum absolute atomic E-state index is 5.65. The van der Waals surface area contributed by atoms with E-state index < -0.39 is 0 Å². The summed E-state index contributed by atoms with van der Waals surface area (Å²) < 4.78 is 5.65. The zero-order valence-electron chi connectivity index (χ0n) is 11.6. The van der Waals surface area contributed by atoms with E-state index in [4.69, 9.17) is 4.74 Å². The summed E-state index contributed by atoms with van der Waals surface area (Å²) >= 11 is 0. The number of nitrogens with one attached hydrogen (secondary N) is 1. The van der Waals surface area contributed by atoms with Gasteiger partial charge in [0.15, 0.2) is 0 Å². The van der Waals surface area contributed by atoms with Crippen molar-refractivity contribution >= 4 is 0 Å². The van der Waals surface area contributed by atoms with Gasteiger partial charge in [0.1, 0.15) is 5.75 Å². The van der Waals surface area contributed by atoms with Crippen molar-refractivity contribution in [3.63, 3.8) is 0 Å². The molecule has 0 aromatic heterocycles. The standard InChI is InChI=1S/C16H23NO/c1-4-5-6-10-18-16-9-7-8-15(11-16)13-17-12-14(2)3/h7-9,11,14,17H,6,10,12-13H2,1-3H3. The predicted molar refractivity (Wildman–Crippen MR) is 76.5 cm³/mol. The Morgan fingerprint density at radius 3 is 2.89 bits per heavy atom. The fraction of sp³-hybridized carbons (Fsp3) is 0.500. The van der Waals surface area contributed by atoms with Gasteiger partial charge in [-0.05, 0) is 37.1 Å². The first kappa shape index (κ1) is 14.6. The molecule has 18 heavy (non-hydrogen) atoms. The molecular weight excluding hydrogens is 222 g/mol. The highest BCUT2D eigenvalue weighted by atomic mass is 16.5. The maximum atomic E-state index is 5.65. The van der Waals surface area contributed by atoms with Gasteiger partial charge in [0.25, 0.3) is 0 Å². The molecule has 0 heterocycles. The lowest BCUT2D eigenvalue weighted by Crippen LogP contribution is -2.18. The normalized spacial score (nSPS) is 10.0. The lowest BCUT2D eigenvalue weighted by Gasteiger charge is -2.09. The van der Waals surface area contributed by atoms with E-state index >= 15 is 0 Å². The molecule has 0 fully saturated rings. The molecule has 0 saturated heterocycles. The minimum Gasteiger partial charge on any atom is -0.493 e. The van der Waals surface area contributed by atoms with E-state index in [0.29, 0.717) is 12.5 Å². The van der Waals surface area contributed by atoms with Gasteiger partial charge >= 0.3 is 0 Å². The zero-order chi connectivity index (χ0) is 13.2. The lowest BCUT2D eigenvalue weighted by molar-refractivity contribution is 0.327. The molecule has 2 heteroatoms. The van der Waals surface area contributed by atoms with Crippen LogP contribution in [0.1, 0.15) is 32.8 Å². The third-order valence-corrected chi connectivity index (χ3v) is 2.45. The lowest BCUT2D eigenvalue weighted by atomic mass is 10.2. The van der Waals surface area contributed by atoms with Crippen LogP contribution in [0.15, 0.2) is 24.3 Å². The molecule has 1 N–H and O–H groups in total. The summed E-state index contributed by atoms with van der Waals surface area (Å²) in [6, 6.07) is 8.23. The van der Waals surface area contributed by atoms with E-state index in [9.17, 15) is 0 Å². The fourth-order valence-electron chi connectivity index (χ4n) is 1.60. The van der Waals surface area contributed by atoms with Gasteiger partial charge < -0.3 is 10.1 Å². The van der Waals surface area contributed by atoms with Crippen molar-refractivity contribution in [1.29, 1.82) is 0 Å². The highest BCUT2D eigenvalue weighted by Crippen LogP contribution is 2.13. The van der Waals surface area contributed by atoms with E-state index in [0.717, 1.165) is 25.3 Å². The minimum atomic E-state index is 0.656. The maximum Gasteiger partial charge on any atom is 0.119 e. The molecule has 0 bridgehead atoms. The Labute approximate surface area is 111 Å². The van der Waals surface area contributed by atoms with Crippen LogP contribution in [-0.2, 0) is 6.54 Å². The van der Waals surface area contributed by atoms with E-state index in [-0.39, 0.29) is 0 Å². The molecule has 0 saturated carbocycles. The molecular formula is C16H23NO. The quantitative estimate of drug-likeness (QED) is 0.588. The summed E-state index contributed by atoms with van der Waals surface area (Å²) in [5, 5.41) is 3.43. The van der Waals surface area contributed by atoms with Crippen LogP contribution in [0.2, 0.25) is 0 Å². The van der Waals surface area contributed by atoms with Crippen molar-refractivity contribution in [2.75, 3.05) is 13.2 Å². The molecule has 1 aromatic carbocycles. The Hall–Kier alpha value is -1.46. The van der Waals surface area contributed by atoms with Gasteiger partial charge in [0, 0.05) is 13.0 Å². The smallest absolute Gasteiger partial charge is 0.119 e. The van der Waals surface area contributed by atoms with Gasteiger partial charge in [-0.2, -0.15) is 0 Å². The first-order valence-corrected chi connectivity index (χ1v) is 6.54. The molecule has 0 spiro atoms. The largest absolute Gasteiger partial charge is 0.493 e. The fourth-order valence-corrected chi connectivity index (χ4v) is 1.60. The molecule has 2 nitrogen and oxygen atoms in total. The summed E-state index contributed by atoms with van der Waals surface area (Å²) in [6.45, 7) is 8.86. The summed E-state index contributed by atoms with van der Waals surface area (Å²) in [6.07, 6.45) is 0.784. The molecule has 0 aliphatic carbocycles. The van der Waals surface area contributed by atoms with Crippen LogP contribution in [0.4, 0.5) is 0 Å². The van der Waals surface area contributed by atoms with E-state index in [1.807, 2.05) is 19.1 Å². The summed E-state index contributed by atoms with van der Waals surface area (Å²) in [7, 11) is 0. The second kappa shape index (κ2) is 8.60. The first-order valence-electron chi connectivity index (χ1n) is 6.54. The number of hydrogen-bond acceptors (Lipinski definition) is 2. The second-order valence-electron chi connectivity index (χ2n) is 4.70. The highest BCUT2D eigenvalue weighted by molar-refractivity contribution is 5.28. The van der Waals surface area contributed by atoms with Gasteiger partial charge in [-0.15, -0.1) is 11.8 Å². The Bertz CT molecular complexity index is 401. The first-order chi connectivity index (χ1) is 8.72. The van der Waals surface area contributed by atoms with Gasteiger partial charge in [0.05, 0.1) is 6.61 Å². The predicted octanol–water partition coefficient (Wildman–Crippen LogP) is 3.22. The van der Waals surface area contributed by atoms with Crippen molar-refractivity contribution in [3.8, 4) is 17.6 Å². The molecule has 0 atom stereocenters. The number of hydrogen-bond donors (Lipinski definition) is 1. The zero-order valence-corrected chi connectivity index (χ0v) is 11.6. The van der Waals surface area contributed by atoms with Gasteiger partial charge in [-0.3, -0.25) is 0 Å². The van der Waals surface area contributed by atoms with Crippen molar-refractivity contribution < 1.29 is 4.74 Å². The van der Waals surface area contributed by atoms with Crippen LogP contribution < -0.4 is 10.1 Å². The average molecular weight is 245 g/mol. The van der Waals surface area contributed by atoms with E-state index in [2.05, 4.69) is 43.1 Å². The van der Waals surface area contributed by atoms with Gasteiger partial charge in [-0.25, -0.2) is 0 Å². The molecule has 98 valence electrons. The highest BCUT2D eigenvalue weighted by Gasteiger charge is 1.98. The van der Waals surface area contributed by atoms with Crippen molar-refractivity contribution in [3.05, 3.63) is 29.8 Å². The van der Waals surface area contributed by atoms with Crippen LogP contribution in [-0.4, -0.2) is 13.2 Å². The van der Waals surface area contributed by atoms with Gasteiger partial charge in [0.2, 0.25) is 0 Å². The van der Waals surface area contributed by atoms with Crippen LogP contribution in [0.3, 0.4) is 0 Å². The number of ether oxygens (including phenoxy) is 1. The molecule has 0 unspecified atom stereocenters. The van der Waals surface area contributed by atoms with Crippen LogP contribution in [0.5, 0.6) is 5.75 Å². The van der Waals surface area contributed by atoms with E-state index in [1.54, 1.807) is 0 Å². The molecule has 0 amide bonds. The average Bonchev–Trinajstić information content (AvgIpc) is 2.35. The van der Waals surface area contributed by atoms with Crippen LogP contribution in [0, 0.1) is 17.8 Å². The molecule has 1 rings (SSSR count). The molecule has 0 radical (unpaired) electrons. The van der Waals surface area contributed by atoms with E-state index in [1.165, 1.54) is 5.56 Å². The van der Waals surface area contributed by atoms with Crippen LogP contribution in [0.25, 0.3) is 0 Å². The Kier molecular flexibility index (Phi) is 6.98. The SMILES string of the molecule is CC#CCCOc1cccc(CNCC(C)C)c1. The number of rotatable bonds is 7. The Balaban J connectivity index is 2.38. The van der Waals surface area contributed by atoms with Crippen molar-refractivity contribution in [2.24, 2.45) is 5.92 Å². The topological polar surface area (TPSA) is 21.3 Å². The third-order valence-electron chi connectivity index (χ3n) is 2.45.